The molecule has 0 aromatic carbocycles. The second-order valence-electron chi connectivity index (χ2n) is 5.56. The van der Waals surface area contributed by atoms with Crippen LogP contribution in [0.3, 0.4) is 0 Å². The molecule has 0 unspecified atom stereocenters. The number of rotatable bonds is 2. The normalized spacial score (nSPS) is 15.7. The van der Waals surface area contributed by atoms with Crippen LogP contribution in [0, 0.1) is 17.3 Å². The molecule has 0 atom stereocenters. The number of hydrogen-bond donors (Lipinski definition) is 0. The minimum atomic E-state index is -1.41. The SMILES string of the molecule is C=S(C)(C)(C)CC(C)(C)C#CC. The third kappa shape index (κ3) is 6.49. The monoisotopic (exact) mass is 186 g/mol. The van der Waals surface area contributed by atoms with Gasteiger partial charge in [-0.2, -0.15) is 0 Å². The molecular weight excluding hydrogens is 164 g/mol. The van der Waals surface area contributed by atoms with Crippen molar-refractivity contribution in [3.8, 4) is 11.8 Å². The molecule has 12 heavy (non-hydrogen) atoms. The Balaban J connectivity index is 4.66. The van der Waals surface area contributed by atoms with Gasteiger partial charge in [-0.1, -0.05) is 11.8 Å². The molecule has 0 aromatic heterocycles. The smallest absolute Gasteiger partial charge is 0.0330 e. The first kappa shape index (κ1) is 11.8. The van der Waals surface area contributed by atoms with Gasteiger partial charge in [0.2, 0.25) is 0 Å². The molecule has 0 saturated heterocycles. The lowest BCUT2D eigenvalue weighted by Crippen LogP contribution is -2.22. The molecule has 0 heterocycles. The highest BCUT2D eigenvalue weighted by Gasteiger charge is 2.23. The van der Waals surface area contributed by atoms with E-state index in [0.717, 1.165) is 5.75 Å². The highest BCUT2D eigenvalue weighted by Crippen LogP contribution is 2.49. The predicted octanol–water partition coefficient (Wildman–Crippen LogP) is 2.70. The molecule has 0 rings (SSSR count). The first-order valence-electron chi connectivity index (χ1n) is 4.16. The minimum absolute atomic E-state index is 0.122. The fourth-order valence-corrected chi connectivity index (χ4v) is 4.46. The van der Waals surface area contributed by atoms with Gasteiger partial charge in [0.25, 0.3) is 0 Å². The van der Waals surface area contributed by atoms with Crippen molar-refractivity contribution in [2.24, 2.45) is 5.41 Å². The van der Waals surface area contributed by atoms with Crippen LogP contribution in [0.2, 0.25) is 0 Å². The van der Waals surface area contributed by atoms with E-state index in [2.05, 4.69) is 50.3 Å². The third-order valence-corrected chi connectivity index (χ3v) is 3.15. The molecule has 0 saturated carbocycles. The molecule has 1 heteroatoms. The summed E-state index contributed by atoms with van der Waals surface area (Å²) in [6.07, 6.45) is 6.82. The van der Waals surface area contributed by atoms with Gasteiger partial charge in [-0.15, -0.1) is 5.92 Å². The summed E-state index contributed by atoms with van der Waals surface area (Å²) in [6.45, 7) is 6.29. The zero-order valence-electron chi connectivity index (χ0n) is 9.32. The van der Waals surface area contributed by atoms with Gasteiger partial charge in [0.05, 0.1) is 0 Å². The predicted molar refractivity (Wildman–Crippen MR) is 64.6 cm³/mol. The van der Waals surface area contributed by atoms with E-state index in [1.807, 2.05) is 6.92 Å². The van der Waals surface area contributed by atoms with Crippen LogP contribution in [-0.4, -0.2) is 30.4 Å². The lowest BCUT2D eigenvalue weighted by atomic mass is 9.98. The molecule has 0 aliphatic heterocycles. The summed E-state index contributed by atoms with van der Waals surface area (Å²) in [6, 6.07) is 0. The maximum atomic E-state index is 4.31. The van der Waals surface area contributed by atoms with Crippen molar-refractivity contribution < 1.29 is 0 Å². The maximum absolute atomic E-state index is 4.31. The molecule has 0 aliphatic carbocycles. The van der Waals surface area contributed by atoms with Gasteiger partial charge in [-0.05, 0) is 45.3 Å². The average molecular weight is 186 g/mol. The van der Waals surface area contributed by atoms with Crippen molar-refractivity contribution in [2.45, 2.75) is 20.8 Å². The van der Waals surface area contributed by atoms with Gasteiger partial charge in [-0.3, -0.25) is 8.75 Å². The van der Waals surface area contributed by atoms with Crippen molar-refractivity contribution in [3.05, 3.63) is 0 Å². The molecule has 0 amide bonds. The van der Waals surface area contributed by atoms with E-state index in [1.54, 1.807) is 0 Å². The van der Waals surface area contributed by atoms with Crippen LogP contribution in [0.5, 0.6) is 0 Å². The molecule has 0 radical (unpaired) electrons. The Morgan fingerprint density at radius 1 is 1.25 bits per heavy atom. The lowest BCUT2D eigenvalue weighted by molar-refractivity contribution is 0.580. The summed E-state index contributed by atoms with van der Waals surface area (Å²) in [5.74, 6) is 11.7. The summed E-state index contributed by atoms with van der Waals surface area (Å²) < 4.78 is 0. The second-order valence-corrected chi connectivity index (χ2v) is 12.2. The van der Waals surface area contributed by atoms with Gasteiger partial charge < -0.3 is 0 Å². The summed E-state index contributed by atoms with van der Waals surface area (Å²) in [4.78, 5) is 0. The fourth-order valence-electron chi connectivity index (χ4n) is 1.71. The quantitative estimate of drug-likeness (QED) is 0.459. The summed E-state index contributed by atoms with van der Waals surface area (Å²) >= 11 is 0. The summed E-state index contributed by atoms with van der Waals surface area (Å²) in [5, 5.41) is 0. The van der Waals surface area contributed by atoms with Crippen LogP contribution in [0.1, 0.15) is 20.8 Å². The van der Waals surface area contributed by atoms with Crippen LogP contribution in [-0.2, 0) is 0 Å². The average Bonchev–Trinajstić information content (AvgIpc) is 1.52. The Bertz CT molecular complexity index is 267. The van der Waals surface area contributed by atoms with Crippen LogP contribution in [0.25, 0.3) is 0 Å². The van der Waals surface area contributed by atoms with E-state index in [0.29, 0.717) is 0 Å². The fraction of sp³-hybridized carbons (Fsp3) is 0.727. The van der Waals surface area contributed by atoms with Crippen LogP contribution in [0.4, 0.5) is 0 Å². The van der Waals surface area contributed by atoms with E-state index in [9.17, 15) is 0 Å². The van der Waals surface area contributed by atoms with Crippen LogP contribution < -0.4 is 0 Å². The Hall–Kier alpha value is -0.220. The van der Waals surface area contributed by atoms with Crippen LogP contribution in [0.15, 0.2) is 0 Å². The Labute approximate surface area is 77.6 Å². The topological polar surface area (TPSA) is 0 Å². The van der Waals surface area contributed by atoms with Gasteiger partial charge in [0.15, 0.2) is 0 Å². The van der Waals surface area contributed by atoms with Crippen molar-refractivity contribution >= 4 is 14.6 Å². The van der Waals surface area contributed by atoms with E-state index in [1.165, 1.54) is 0 Å². The van der Waals surface area contributed by atoms with Gasteiger partial charge in [0, 0.05) is 5.41 Å². The number of hydrogen-bond acceptors (Lipinski definition) is 0. The second kappa shape index (κ2) is 2.92. The van der Waals surface area contributed by atoms with E-state index in [4.69, 9.17) is 0 Å². The molecule has 0 aromatic rings. The lowest BCUT2D eigenvalue weighted by Gasteiger charge is -2.40. The van der Waals surface area contributed by atoms with E-state index < -0.39 is 8.75 Å². The van der Waals surface area contributed by atoms with E-state index >= 15 is 0 Å². The van der Waals surface area contributed by atoms with Gasteiger partial charge in [0.1, 0.15) is 0 Å². The first-order chi connectivity index (χ1) is 5.02. The van der Waals surface area contributed by atoms with Crippen molar-refractivity contribution in [1.29, 1.82) is 0 Å². The van der Waals surface area contributed by atoms with Gasteiger partial charge in [-0.25, -0.2) is 0 Å². The highest BCUT2D eigenvalue weighted by atomic mass is 32.3. The van der Waals surface area contributed by atoms with Crippen molar-refractivity contribution in [2.75, 3.05) is 24.5 Å². The summed E-state index contributed by atoms with van der Waals surface area (Å²) in [7, 11) is -1.41. The molecule has 72 valence electrons. The molecule has 0 spiro atoms. The standard InChI is InChI=1S/C11H22S/c1-8-9-11(2,3)10-12(4,5,6)7/h4,10H2,1-3,5-7H3. The molecule has 0 bridgehead atoms. The Morgan fingerprint density at radius 3 is 1.92 bits per heavy atom. The molecule has 0 nitrogen and oxygen atoms in total. The van der Waals surface area contributed by atoms with E-state index in [-0.39, 0.29) is 5.41 Å². The maximum Gasteiger partial charge on any atom is 0.0330 e. The molecule has 0 fully saturated rings. The summed E-state index contributed by atoms with van der Waals surface area (Å²) in [5.41, 5.74) is 0.122. The zero-order valence-corrected chi connectivity index (χ0v) is 10.1. The molecular formula is C11H22S. The highest BCUT2D eigenvalue weighted by molar-refractivity contribution is 8.45. The first-order valence-corrected chi connectivity index (χ1v) is 7.76. The Morgan fingerprint density at radius 2 is 1.67 bits per heavy atom. The largest absolute Gasteiger partial charge is 0.257 e. The third-order valence-electron chi connectivity index (χ3n) is 1.36. The molecule has 0 aliphatic rings. The van der Waals surface area contributed by atoms with Crippen molar-refractivity contribution in [3.63, 3.8) is 0 Å². The zero-order chi connectivity index (χ0) is 10.1. The van der Waals surface area contributed by atoms with Crippen molar-refractivity contribution in [1.82, 2.24) is 0 Å². The molecule has 0 N–H and O–H groups in total. The van der Waals surface area contributed by atoms with Gasteiger partial charge >= 0.3 is 0 Å². The minimum Gasteiger partial charge on any atom is -0.257 e. The Kier molecular flexibility index (Phi) is 2.87. The van der Waals surface area contributed by atoms with Crippen LogP contribution >= 0.6 is 8.75 Å².